The van der Waals surface area contributed by atoms with E-state index < -0.39 is 5.60 Å². The molecule has 28 heavy (non-hydrogen) atoms. The molecule has 154 valence electrons. The Morgan fingerprint density at radius 3 is 2.71 bits per heavy atom. The van der Waals surface area contributed by atoms with Gasteiger partial charge in [0.15, 0.2) is 0 Å². The maximum absolute atomic E-state index is 12.4. The van der Waals surface area contributed by atoms with Gasteiger partial charge < -0.3 is 19.8 Å². The lowest BCUT2D eigenvalue weighted by atomic mass is 9.75. The fraction of sp³-hybridized carbons (Fsp3) is 0.667. The minimum atomic E-state index is -0.620. The van der Waals surface area contributed by atoms with Crippen molar-refractivity contribution in [2.45, 2.75) is 24.5 Å². The molecule has 3 heterocycles. The number of hydrogen-bond donors (Lipinski definition) is 3. The monoisotopic (exact) mass is 387 g/mol. The quantitative estimate of drug-likeness (QED) is 0.719. The van der Waals surface area contributed by atoms with Gasteiger partial charge in [-0.3, -0.25) is 5.43 Å². The standard InChI is InChI=1S/C21H33N5O2/c1-24(2)20(27)26-11-9-21(28)8-10-25(14-18(21)15-26)13-17-12-22-23-19(17)16-6-4-3-5-7-16/h3-7,17-19,22-23,28H,8-15H2,1-2H3/t17?,18-,19?,21-/m0/s1. The van der Waals surface area contributed by atoms with E-state index in [2.05, 4.69) is 46.1 Å². The van der Waals surface area contributed by atoms with E-state index in [4.69, 9.17) is 0 Å². The van der Waals surface area contributed by atoms with E-state index in [0.717, 1.165) is 32.6 Å². The van der Waals surface area contributed by atoms with E-state index in [1.165, 1.54) is 5.56 Å². The van der Waals surface area contributed by atoms with Crippen molar-refractivity contribution < 1.29 is 9.90 Å². The summed E-state index contributed by atoms with van der Waals surface area (Å²) in [4.78, 5) is 18.4. The summed E-state index contributed by atoms with van der Waals surface area (Å²) >= 11 is 0. The van der Waals surface area contributed by atoms with Crippen molar-refractivity contribution in [1.29, 1.82) is 0 Å². The zero-order valence-electron chi connectivity index (χ0n) is 17.0. The van der Waals surface area contributed by atoms with E-state index in [0.29, 0.717) is 31.5 Å². The summed E-state index contributed by atoms with van der Waals surface area (Å²) in [6.45, 7) is 5.01. The first kappa shape index (κ1) is 19.6. The molecule has 0 aliphatic carbocycles. The van der Waals surface area contributed by atoms with Crippen molar-refractivity contribution in [3.8, 4) is 0 Å². The van der Waals surface area contributed by atoms with Gasteiger partial charge in [0.05, 0.1) is 11.6 Å². The number of nitrogens with one attached hydrogen (secondary N) is 2. The topological polar surface area (TPSA) is 71.1 Å². The number of likely N-dealkylation sites (tertiary alicyclic amines) is 2. The number of carbonyl (C=O) groups is 1. The molecule has 3 saturated heterocycles. The summed E-state index contributed by atoms with van der Waals surface area (Å²) in [5, 5.41) is 11.1. The molecule has 4 rings (SSSR count). The lowest BCUT2D eigenvalue weighted by Crippen LogP contribution is -2.61. The Balaban J connectivity index is 1.40. The predicted octanol–water partition coefficient (Wildman–Crippen LogP) is 0.892. The molecule has 0 spiro atoms. The van der Waals surface area contributed by atoms with Gasteiger partial charge in [-0.2, -0.15) is 0 Å². The van der Waals surface area contributed by atoms with Gasteiger partial charge in [-0.05, 0) is 18.4 Å². The molecule has 2 unspecified atom stereocenters. The van der Waals surface area contributed by atoms with E-state index in [9.17, 15) is 9.90 Å². The molecule has 0 radical (unpaired) electrons. The molecule has 4 atom stereocenters. The van der Waals surface area contributed by atoms with Crippen LogP contribution < -0.4 is 10.9 Å². The molecule has 3 N–H and O–H groups in total. The smallest absolute Gasteiger partial charge is 0.319 e. The molecule has 0 aromatic heterocycles. The minimum absolute atomic E-state index is 0.0486. The SMILES string of the molecule is CN(C)C(=O)N1CC[C@@]2(O)CCN(CC3CNNC3c3ccccc3)C[C@H]2C1. The van der Waals surface area contributed by atoms with Crippen molar-refractivity contribution >= 4 is 6.03 Å². The molecule has 3 aliphatic rings. The van der Waals surface area contributed by atoms with Crippen LogP contribution in [0.4, 0.5) is 4.79 Å². The minimum Gasteiger partial charge on any atom is -0.389 e. The lowest BCUT2D eigenvalue weighted by Gasteiger charge is -2.50. The Labute approximate surface area is 167 Å². The fourth-order valence-corrected chi connectivity index (χ4v) is 5.05. The summed E-state index contributed by atoms with van der Waals surface area (Å²) in [7, 11) is 3.58. The number of rotatable bonds is 3. The summed E-state index contributed by atoms with van der Waals surface area (Å²) in [6, 6.07) is 10.9. The number of aliphatic hydroxyl groups is 1. The van der Waals surface area contributed by atoms with Crippen molar-refractivity contribution in [2.75, 3.05) is 53.4 Å². The van der Waals surface area contributed by atoms with Gasteiger partial charge in [-0.1, -0.05) is 30.3 Å². The van der Waals surface area contributed by atoms with Crippen molar-refractivity contribution in [3.63, 3.8) is 0 Å². The van der Waals surface area contributed by atoms with Crippen LogP contribution in [0.25, 0.3) is 0 Å². The van der Waals surface area contributed by atoms with Crippen LogP contribution in [0, 0.1) is 11.8 Å². The van der Waals surface area contributed by atoms with Gasteiger partial charge in [0, 0.05) is 65.2 Å². The van der Waals surface area contributed by atoms with E-state index >= 15 is 0 Å². The average Bonchev–Trinajstić information content (AvgIpc) is 3.16. The Bertz CT molecular complexity index is 685. The molecular weight excluding hydrogens is 354 g/mol. The highest BCUT2D eigenvalue weighted by molar-refractivity contribution is 5.74. The molecule has 0 saturated carbocycles. The fourth-order valence-electron chi connectivity index (χ4n) is 5.05. The van der Waals surface area contributed by atoms with Crippen LogP contribution in [0.5, 0.6) is 0 Å². The first-order valence-electron chi connectivity index (χ1n) is 10.4. The number of amides is 2. The molecule has 0 bridgehead atoms. The largest absolute Gasteiger partial charge is 0.389 e. The predicted molar refractivity (Wildman–Crippen MR) is 109 cm³/mol. The van der Waals surface area contributed by atoms with Gasteiger partial charge >= 0.3 is 6.03 Å². The van der Waals surface area contributed by atoms with Crippen molar-refractivity contribution in [3.05, 3.63) is 35.9 Å². The van der Waals surface area contributed by atoms with Gasteiger partial charge in [-0.25, -0.2) is 10.2 Å². The Kier molecular flexibility index (Phi) is 5.60. The van der Waals surface area contributed by atoms with E-state index in [1.807, 2.05) is 4.90 Å². The Morgan fingerprint density at radius 1 is 1.21 bits per heavy atom. The van der Waals surface area contributed by atoms with E-state index in [1.54, 1.807) is 19.0 Å². The third-order valence-corrected chi connectivity index (χ3v) is 6.75. The maximum Gasteiger partial charge on any atom is 0.319 e. The number of carbonyl (C=O) groups excluding carboxylic acids is 1. The molecule has 1 aromatic rings. The Morgan fingerprint density at radius 2 is 1.96 bits per heavy atom. The second-order valence-corrected chi connectivity index (χ2v) is 8.86. The molecule has 3 fully saturated rings. The highest BCUT2D eigenvalue weighted by Crippen LogP contribution is 2.36. The van der Waals surface area contributed by atoms with E-state index in [-0.39, 0.29) is 11.9 Å². The first-order chi connectivity index (χ1) is 13.5. The van der Waals surface area contributed by atoms with Gasteiger partial charge in [-0.15, -0.1) is 0 Å². The summed E-state index contributed by atoms with van der Waals surface area (Å²) < 4.78 is 0. The zero-order valence-corrected chi connectivity index (χ0v) is 17.0. The van der Waals surface area contributed by atoms with Gasteiger partial charge in [0.25, 0.3) is 0 Å². The van der Waals surface area contributed by atoms with Crippen LogP contribution in [0.3, 0.4) is 0 Å². The van der Waals surface area contributed by atoms with Crippen LogP contribution in [0.2, 0.25) is 0 Å². The summed E-state index contributed by atoms with van der Waals surface area (Å²) in [5.41, 5.74) is 7.44. The van der Waals surface area contributed by atoms with Gasteiger partial charge in [0.1, 0.15) is 0 Å². The number of benzene rings is 1. The number of hydrazine groups is 1. The normalized spacial score (nSPS) is 33.5. The number of fused-ring (bicyclic) bond motifs is 1. The molecule has 1 aromatic carbocycles. The number of hydrogen-bond acceptors (Lipinski definition) is 5. The summed E-state index contributed by atoms with van der Waals surface area (Å²) in [6.07, 6.45) is 1.48. The molecular formula is C21H33N5O2. The maximum atomic E-state index is 12.4. The zero-order chi connectivity index (χ0) is 19.7. The highest BCUT2D eigenvalue weighted by atomic mass is 16.3. The molecule has 7 heteroatoms. The lowest BCUT2D eigenvalue weighted by molar-refractivity contribution is -0.108. The third kappa shape index (κ3) is 3.89. The Hall–Kier alpha value is -1.67. The molecule has 2 amide bonds. The second kappa shape index (κ2) is 7.99. The average molecular weight is 388 g/mol. The summed E-state index contributed by atoms with van der Waals surface area (Å²) in [5.74, 6) is 0.605. The van der Waals surface area contributed by atoms with Crippen molar-refractivity contribution in [1.82, 2.24) is 25.6 Å². The first-order valence-corrected chi connectivity index (χ1v) is 10.4. The van der Waals surface area contributed by atoms with Crippen LogP contribution in [0.1, 0.15) is 24.4 Å². The third-order valence-electron chi connectivity index (χ3n) is 6.75. The molecule has 7 nitrogen and oxygen atoms in total. The van der Waals surface area contributed by atoms with Crippen LogP contribution in [-0.4, -0.2) is 84.8 Å². The van der Waals surface area contributed by atoms with Crippen LogP contribution in [-0.2, 0) is 0 Å². The molecule has 3 aliphatic heterocycles. The number of nitrogens with zero attached hydrogens (tertiary/aromatic N) is 3. The second-order valence-electron chi connectivity index (χ2n) is 8.86. The number of urea groups is 1. The van der Waals surface area contributed by atoms with Crippen molar-refractivity contribution in [2.24, 2.45) is 11.8 Å². The van der Waals surface area contributed by atoms with Gasteiger partial charge in [0.2, 0.25) is 0 Å². The highest BCUT2D eigenvalue weighted by Gasteiger charge is 2.46. The van der Waals surface area contributed by atoms with Crippen LogP contribution >= 0.6 is 0 Å². The number of piperidine rings is 2. The van der Waals surface area contributed by atoms with Crippen LogP contribution in [0.15, 0.2) is 30.3 Å².